The smallest absolute Gasteiger partial charge is 0.243 e. The second-order valence-corrected chi connectivity index (χ2v) is 8.89. The molecule has 1 saturated heterocycles. The van der Waals surface area contributed by atoms with Crippen LogP contribution in [0.5, 0.6) is 0 Å². The zero-order valence-electron chi connectivity index (χ0n) is 14.5. The van der Waals surface area contributed by atoms with E-state index in [1.807, 2.05) is 30.9 Å². The van der Waals surface area contributed by atoms with Gasteiger partial charge >= 0.3 is 0 Å². The largest absolute Gasteiger partial charge is 0.340 e. The summed E-state index contributed by atoms with van der Waals surface area (Å²) in [6.45, 7) is 5.49. The minimum absolute atomic E-state index is 0.159. The first kappa shape index (κ1) is 17.4. The third-order valence-corrected chi connectivity index (χ3v) is 7.26. The third-order valence-electron chi connectivity index (χ3n) is 5.22. The van der Waals surface area contributed by atoms with Gasteiger partial charge in [-0.15, -0.1) is 0 Å². The molecule has 0 N–H and O–H groups in total. The van der Waals surface area contributed by atoms with Gasteiger partial charge in [0.05, 0.1) is 4.90 Å². The van der Waals surface area contributed by atoms with Crippen LogP contribution < -0.4 is 0 Å². The molecule has 0 atom stereocenters. The fraction of sp³-hybridized carbons (Fsp3) is 0.611. The Morgan fingerprint density at radius 2 is 1.67 bits per heavy atom. The maximum atomic E-state index is 12.9. The molecule has 1 aliphatic carbocycles. The van der Waals surface area contributed by atoms with Crippen molar-refractivity contribution in [2.24, 2.45) is 5.92 Å². The van der Waals surface area contributed by atoms with Crippen molar-refractivity contribution in [2.75, 3.05) is 26.2 Å². The maximum absolute atomic E-state index is 12.9. The topological polar surface area (TPSA) is 57.7 Å². The number of piperazine rings is 1. The first-order valence-electron chi connectivity index (χ1n) is 8.76. The molecule has 1 saturated carbocycles. The number of carbonyl (C=O) groups excluding carboxylic acids is 1. The molecule has 0 radical (unpaired) electrons. The van der Waals surface area contributed by atoms with E-state index in [0.29, 0.717) is 31.1 Å². The highest BCUT2D eigenvalue weighted by atomic mass is 32.2. The van der Waals surface area contributed by atoms with Gasteiger partial charge in [0.25, 0.3) is 0 Å². The number of hydrogen-bond acceptors (Lipinski definition) is 3. The summed E-state index contributed by atoms with van der Waals surface area (Å²) in [6.07, 6.45) is 4.24. The van der Waals surface area contributed by atoms with Crippen LogP contribution in [0.3, 0.4) is 0 Å². The van der Waals surface area contributed by atoms with E-state index in [9.17, 15) is 13.2 Å². The van der Waals surface area contributed by atoms with E-state index in [-0.39, 0.29) is 11.8 Å². The average molecular weight is 350 g/mol. The van der Waals surface area contributed by atoms with Gasteiger partial charge in [0.15, 0.2) is 0 Å². The summed E-state index contributed by atoms with van der Waals surface area (Å²) in [5.74, 6) is 0.378. The Morgan fingerprint density at radius 1 is 1.04 bits per heavy atom. The predicted octanol–water partition coefficient (Wildman–Crippen LogP) is 2.33. The minimum atomic E-state index is -3.49. The fourth-order valence-electron chi connectivity index (χ4n) is 3.70. The fourth-order valence-corrected chi connectivity index (χ4v) is 5.44. The Balaban J connectivity index is 1.69. The van der Waals surface area contributed by atoms with E-state index in [1.165, 1.54) is 4.31 Å². The van der Waals surface area contributed by atoms with E-state index in [2.05, 4.69) is 0 Å². The number of rotatable bonds is 3. The van der Waals surface area contributed by atoms with Crippen molar-refractivity contribution in [2.45, 2.75) is 44.4 Å². The van der Waals surface area contributed by atoms with Gasteiger partial charge in [0.1, 0.15) is 0 Å². The molecule has 5 nitrogen and oxygen atoms in total. The van der Waals surface area contributed by atoms with Gasteiger partial charge in [-0.05, 0) is 43.9 Å². The van der Waals surface area contributed by atoms with Gasteiger partial charge in [-0.2, -0.15) is 4.31 Å². The zero-order valence-corrected chi connectivity index (χ0v) is 15.3. The quantitative estimate of drug-likeness (QED) is 0.841. The lowest BCUT2D eigenvalue weighted by molar-refractivity contribution is -0.136. The second kappa shape index (κ2) is 6.84. The molecular weight excluding hydrogens is 324 g/mol. The Kier molecular flexibility index (Phi) is 4.97. The molecule has 1 aromatic carbocycles. The highest BCUT2D eigenvalue weighted by Gasteiger charge is 2.33. The van der Waals surface area contributed by atoms with Crippen LogP contribution in [0.25, 0.3) is 0 Å². The number of aryl methyl sites for hydroxylation is 2. The van der Waals surface area contributed by atoms with E-state index in [1.54, 1.807) is 6.07 Å². The van der Waals surface area contributed by atoms with Crippen molar-refractivity contribution < 1.29 is 13.2 Å². The lowest BCUT2D eigenvalue weighted by atomic mass is 10.1. The third kappa shape index (κ3) is 3.35. The highest BCUT2D eigenvalue weighted by Crippen LogP contribution is 2.28. The van der Waals surface area contributed by atoms with Gasteiger partial charge < -0.3 is 4.90 Å². The summed E-state index contributed by atoms with van der Waals surface area (Å²) in [4.78, 5) is 14.7. The molecule has 1 aliphatic heterocycles. The molecule has 6 heteroatoms. The van der Waals surface area contributed by atoms with E-state index in [0.717, 1.165) is 36.8 Å². The summed E-state index contributed by atoms with van der Waals surface area (Å²) < 4.78 is 27.4. The summed E-state index contributed by atoms with van der Waals surface area (Å²) in [7, 11) is -3.49. The molecule has 3 rings (SSSR count). The first-order chi connectivity index (χ1) is 11.4. The lowest BCUT2D eigenvalue weighted by Gasteiger charge is -2.35. The Bertz CT molecular complexity index is 716. The number of nitrogens with zero attached hydrogens (tertiary/aromatic N) is 2. The monoisotopic (exact) mass is 350 g/mol. The molecule has 24 heavy (non-hydrogen) atoms. The summed E-state index contributed by atoms with van der Waals surface area (Å²) in [6, 6.07) is 5.51. The van der Waals surface area contributed by atoms with Crippen LogP contribution in [0, 0.1) is 19.8 Å². The molecule has 132 valence electrons. The minimum Gasteiger partial charge on any atom is -0.340 e. The molecule has 1 amide bonds. The summed E-state index contributed by atoms with van der Waals surface area (Å²) in [5.41, 5.74) is 1.71. The molecule has 2 fully saturated rings. The van der Waals surface area contributed by atoms with Crippen LogP contribution in [-0.4, -0.2) is 49.7 Å². The lowest BCUT2D eigenvalue weighted by Crippen LogP contribution is -2.51. The van der Waals surface area contributed by atoms with E-state index >= 15 is 0 Å². The second-order valence-electron chi connectivity index (χ2n) is 6.98. The van der Waals surface area contributed by atoms with Gasteiger partial charge in [-0.3, -0.25) is 4.79 Å². The maximum Gasteiger partial charge on any atom is 0.243 e. The van der Waals surface area contributed by atoms with Crippen molar-refractivity contribution in [1.82, 2.24) is 9.21 Å². The number of benzene rings is 1. The molecule has 1 heterocycles. The number of hydrogen-bond donors (Lipinski definition) is 0. The van der Waals surface area contributed by atoms with Crippen molar-refractivity contribution in [1.29, 1.82) is 0 Å². The number of amides is 1. The van der Waals surface area contributed by atoms with Crippen molar-refractivity contribution >= 4 is 15.9 Å². The van der Waals surface area contributed by atoms with E-state index < -0.39 is 10.0 Å². The van der Waals surface area contributed by atoms with Crippen molar-refractivity contribution in [3.8, 4) is 0 Å². The Hall–Kier alpha value is -1.40. The van der Waals surface area contributed by atoms with Gasteiger partial charge in [0, 0.05) is 32.1 Å². The van der Waals surface area contributed by atoms with Crippen LogP contribution >= 0.6 is 0 Å². The Labute approximate surface area is 144 Å². The molecule has 0 spiro atoms. The predicted molar refractivity (Wildman–Crippen MR) is 93.2 cm³/mol. The molecule has 2 aliphatic rings. The van der Waals surface area contributed by atoms with Crippen LogP contribution in [-0.2, 0) is 14.8 Å². The number of carbonyl (C=O) groups is 1. The standard InChI is InChI=1S/C18H26N2O3S/c1-14-7-8-15(2)17(13-14)24(22,23)20-11-9-19(10-12-20)18(21)16-5-3-4-6-16/h7-8,13,16H,3-6,9-12H2,1-2H3. The first-order valence-corrected chi connectivity index (χ1v) is 10.2. The normalized spacial score (nSPS) is 20.5. The SMILES string of the molecule is Cc1ccc(C)c(S(=O)(=O)N2CCN(C(=O)C3CCCC3)CC2)c1. The average Bonchev–Trinajstić information content (AvgIpc) is 3.11. The van der Waals surface area contributed by atoms with Crippen LogP contribution in [0.1, 0.15) is 36.8 Å². The Morgan fingerprint density at radius 3 is 2.29 bits per heavy atom. The molecule has 1 aromatic rings. The summed E-state index contributed by atoms with van der Waals surface area (Å²) in [5, 5.41) is 0. The molecule has 0 aromatic heterocycles. The molecular formula is C18H26N2O3S. The highest BCUT2D eigenvalue weighted by molar-refractivity contribution is 7.89. The summed E-state index contributed by atoms with van der Waals surface area (Å²) >= 11 is 0. The van der Waals surface area contributed by atoms with Gasteiger partial charge in [0.2, 0.25) is 15.9 Å². The molecule has 0 bridgehead atoms. The number of sulfonamides is 1. The van der Waals surface area contributed by atoms with E-state index in [4.69, 9.17) is 0 Å². The van der Waals surface area contributed by atoms with Crippen molar-refractivity contribution in [3.63, 3.8) is 0 Å². The van der Waals surface area contributed by atoms with Crippen molar-refractivity contribution in [3.05, 3.63) is 29.3 Å². The van der Waals surface area contributed by atoms with Gasteiger partial charge in [-0.1, -0.05) is 25.0 Å². The zero-order chi connectivity index (χ0) is 17.3. The van der Waals surface area contributed by atoms with Crippen LogP contribution in [0.4, 0.5) is 0 Å². The van der Waals surface area contributed by atoms with Gasteiger partial charge in [-0.25, -0.2) is 8.42 Å². The van der Waals surface area contributed by atoms with Crippen LogP contribution in [0.2, 0.25) is 0 Å². The van der Waals surface area contributed by atoms with Crippen LogP contribution in [0.15, 0.2) is 23.1 Å². The molecule has 0 unspecified atom stereocenters.